The Balaban J connectivity index is 1.98. The summed E-state index contributed by atoms with van der Waals surface area (Å²) in [7, 11) is 0. The molecule has 0 aromatic carbocycles. The van der Waals surface area contributed by atoms with E-state index in [-0.39, 0.29) is 12.5 Å². The summed E-state index contributed by atoms with van der Waals surface area (Å²) < 4.78 is 5.14. The summed E-state index contributed by atoms with van der Waals surface area (Å²) in [5.41, 5.74) is -0.145. The van der Waals surface area contributed by atoms with E-state index < -0.39 is 5.60 Å². The molecule has 0 fully saturated rings. The largest absolute Gasteiger partial charge is 0.466 e. The maximum atomic E-state index is 11.8. The number of furan rings is 1. The van der Waals surface area contributed by atoms with Crippen molar-refractivity contribution in [3.63, 3.8) is 0 Å². The number of hydrogen-bond donors (Lipinski definition) is 2. The zero-order valence-electron chi connectivity index (χ0n) is 10.3. The lowest BCUT2D eigenvalue weighted by Crippen LogP contribution is -2.38. The van der Waals surface area contributed by atoms with Crippen LogP contribution in [0.5, 0.6) is 0 Å². The Kier molecular flexibility index (Phi) is 3.54. The average Bonchev–Trinajstić information content (AvgIpc) is 2.96. The van der Waals surface area contributed by atoms with E-state index in [1.54, 1.807) is 19.1 Å². The van der Waals surface area contributed by atoms with Crippen molar-refractivity contribution >= 4 is 17.2 Å². The lowest BCUT2D eigenvalue weighted by atomic mass is 10.0. The smallest absolute Gasteiger partial charge is 0.261 e. The first-order chi connectivity index (χ1) is 8.49. The Morgan fingerprint density at radius 3 is 2.94 bits per heavy atom. The van der Waals surface area contributed by atoms with Crippen LogP contribution in [0.4, 0.5) is 0 Å². The Labute approximate surface area is 109 Å². The van der Waals surface area contributed by atoms with Crippen LogP contribution in [0.2, 0.25) is 0 Å². The number of amides is 1. The third-order valence-electron chi connectivity index (χ3n) is 2.60. The van der Waals surface area contributed by atoms with Gasteiger partial charge in [-0.3, -0.25) is 4.79 Å². The Bertz CT molecular complexity index is 528. The number of thiophene rings is 1. The zero-order valence-corrected chi connectivity index (χ0v) is 11.1. The molecule has 0 radical (unpaired) electrons. The van der Waals surface area contributed by atoms with Gasteiger partial charge in [0, 0.05) is 0 Å². The van der Waals surface area contributed by atoms with Gasteiger partial charge < -0.3 is 14.8 Å². The highest BCUT2D eigenvalue weighted by Gasteiger charge is 2.27. The van der Waals surface area contributed by atoms with Gasteiger partial charge in [0.25, 0.3) is 5.91 Å². The Morgan fingerprint density at radius 1 is 1.61 bits per heavy atom. The predicted octanol–water partition coefficient (Wildman–Crippen LogP) is 2.29. The van der Waals surface area contributed by atoms with Crippen molar-refractivity contribution in [2.75, 3.05) is 6.54 Å². The van der Waals surface area contributed by atoms with Crippen LogP contribution in [-0.2, 0) is 5.60 Å². The minimum Gasteiger partial charge on any atom is -0.466 e. The van der Waals surface area contributed by atoms with Gasteiger partial charge in [0.2, 0.25) is 0 Å². The van der Waals surface area contributed by atoms with E-state index in [1.807, 2.05) is 18.4 Å². The van der Waals surface area contributed by atoms with Crippen molar-refractivity contribution in [1.29, 1.82) is 0 Å². The molecule has 0 bridgehead atoms. The Morgan fingerprint density at radius 2 is 2.39 bits per heavy atom. The van der Waals surface area contributed by atoms with Gasteiger partial charge in [-0.1, -0.05) is 0 Å². The van der Waals surface area contributed by atoms with Crippen molar-refractivity contribution in [2.24, 2.45) is 0 Å². The second-order valence-electron chi connectivity index (χ2n) is 4.42. The highest BCUT2D eigenvalue weighted by Crippen LogP contribution is 2.20. The molecule has 1 atom stereocenters. The quantitative estimate of drug-likeness (QED) is 0.891. The molecule has 4 nitrogen and oxygen atoms in total. The minimum absolute atomic E-state index is 0.107. The first kappa shape index (κ1) is 12.9. The second kappa shape index (κ2) is 4.96. The molecule has 2 rings (SSSR count). The molecule has 96 valence electrons. The molecule has 0 unspecified atom stereocenters. The molecule has 0 aliphatic carbocycles. The van der Waals surface area contributed by atoms with E-state index in [2.05, 4.69) is 5.32 Å². The first-order valence-corrected chi connectivity index (χ1v) is 6.47. The topological polar surface area (TPSA) is 62.5 Å². The summed E-state index contributed by atoms with van der Waals surface area (Å²) in [6, 6.07) is 5.21. The van der Waals surface area contributed by atoms with Crippen molar-refractivity contribution in [1.82, 2.24) is 5.32 Å². The van der Waals surface area contributed by atoms with Crippen LogP contribution in [0.1, 0.15) is 27.9 Å². The average molecular weight is 265 g/mol. The molecule has 1 amide bonds. The molecule has 2 aromatic rings. The molecular formula is C13H15NO3S. The number of aliphatic hydroxyl groups is 1. The van der Waals surface area contributed by atoms with E-state index in [0.717, 1.165) is 5.56 Å². The summed E-state index contributed by atoms with van der Waals surface area (Å²) in [4.78, 5) is 12.5. The molecule has 0 spiro atoms. The van der Waals surface area contributed by atoms with E-state index >= 15 is 0 Å². The Hall–Kier alpha value is -1.59. The summed E-state index contributed by atoms with van der Waals surface area (Å²) in [6.07, 6.45) is 1.49. The van der Waals surface area contributed by atoms with Gasteiger partial charge >= 0.3 is 0 Å². The number of rotatable bonds is 4. The maximum Gasteiger partial charge on any atom is 0.261 e. The van der Waals surface area contributed by atoms with Crippen molar-refractivity contribution in [3.8, 4) is 0 Å². The molecule has 18 heavy (non-hydrogen) atoms. The fraction of sp³-hybridized carbons (Fsp3) is 0.308. The van der Waals surface area contributed by atoms with Gasteiger partial charge in [0.05, 0.1) is 17.7 Å². The van der Waals surface area contributed by atoms with Crippen molar-refractivity contribution in [3.05, 3.63) is 46.0 Å². The van der Waals surface area contributed by atoms with Crippen LogP contribution in [0.25, 0.3) is 0 Å². The van der Waals surface area contributed by atoms with Gasteiger partial charge in [-0.05, 0) is 43.0 Å². The number of aryl methyl sites for hydroxylation is 1. The number of carbonyl (C=O) groups is 1. The van der Waals surface area contributed by atoms with Gasteiger partial charge in [-0.2, -0.15) is 0 Å². The standard InChI is InChI=1S/C13H15NO3S/c1-9-6-10(18-7-9)12(15)14-8-13(2,16)11-4-3-5-17-11/h3-7,16H,8H2,1-2H3,(H,14,15)/t13-/m0/s1. The second-order valence-corrected chi connectivity index (χ2v) is 5.33. The number of nitrogens with one attached hydrogen (secondary N) is 1. The first-order valence-electron chi connectivity index (χ1n) is 5.59. The van der Waals surface area contributed by atoms with E-state index in [0.29, 0.717) is 10.6 Å². The van der Waals surface area contributed by atoms with Crippen LogP contribution < -0.4 is 5.32 Å². The molecule has 0 aliphatic heterocycles. The lowest BCUT2D eigenvalue weighted by molar-refractivity contribution is 0.0331. The van der Waals surface area contributed by atoms with Crippen LogP contribution in [0.3, 0.4) is 0 Å². The zero-order chi connectivity index (χ0) is 13.2. The van der Waals surface area contributed by atoms with Crippen LogP contribution >= 0.6 is 11.3 Å². The van der Waals surface area contributed by atoms with Crippen molar-refractivity contribution in [2.45, 2.75) is 19.4 Å². The van der Waals surface area contributed by atoms with Gasteiger partial charge in [0.15, 0.2) is 0 Å². The summed E-state index contributed by atoms with van der Waals surface area (Å²) in [6.45, 7) is 3.65. The fourth-order valence-electron chi connectivity index (χ4n) is 1.56. The molecule has 2 heterocycles. The van der Waals surface area contributed by atoms with E-state index in [4.69, 9.17) is 4.42 Å². The van der Waals surface area contributed by atoms with Crippen molar-refractivity contribution < 1.29 is 14.3 Å². The van der Waals surface area contributed by atoms with E-state index in [1.165, 1.54) is 17.6 Å². The molecule has 2 N–H and O–H groups in total. The molecule has 2 aromatic heterocycles. The highest BCUT2D eigenvalue weighted by atomic mass is 32.1. The SMILES string of the molecule is Cc1csc(C(=O)NC[C@](C)(O)c2ccco2)c1. The lowest BCUT2D eigenvalue weighted by Gasteiger charge is -2.20. The normalized spacial score (nSPS) is 14.2. The summed E-state index contributed by atoms with van der Waals surface area (Å²) >= 11 is 1.39. The molecule has 0 aliphatic rings. The number of carbonyl (C=O) groups excluding carboxylic acids is 1. The van der Waals surface area contributed by atoms with Gasteiger partial charge in [0.1, 0.15) is 11.4 Å². The molecule has 0 saturated heterocycles. The van der Waals surface area contributed by atoms with Gasteiger partial charge in [-0.15, -0.1) is 11.3 Å². The minimum atomic E-state index is -1.20. The highest BCUT2D eigenvalue weighted by molar-refractivity contribution is 7.12. The monoisotopic (exact) mass is 265 g/mol. The third kappa shape index (κ3) is 2.80. The summed E-state index contributed by atoms with van der Waals surface area (Å²) in [5.74, 6) is 0.255. The molecule has 5 heteroatoms. The predicted molar refractivity (Wildman–Crippen MR) is 69.7 cm³/mol. The molecular weight excluding hydrogens is 250 g/mol. The fourth-order valence-corrected chi connectivity index (χ4v) is 2.38. The van der Waals surface area contributed by atoms with E-state index in [9.17, 15) is 9.90 Å². The van der Waals surface area contributed by atoms with Crippen LogP contribution in [0.15, 0.2) is 34.3 Å². The maximum absolute atomic E-state index is 11.8. The molecule has 0 saturated carbocycles. The van der Waals surface area contributed by atoms with Crippen LogP contribution in [-0.4, -0.2) is 17.6 Å². The van der Waals surface area contributed by atoms with Gasteiger partial charge in [-0.25, -0.2) is 0 Å². The summed E-state index contributed by atoms with van der Waals surface area (Å²) in [5, 5.41) is 14.8. The van der Waals surface area contributed by atoms with Crippen LogP contribution in [0, 0.1) is 6.92 Å². The third-order valence-corrected chi connectivity index (χ3v) is 3.65. The number of hydrogen-bond acceptors (Lipinski definition) is 4.